The van der Waals surface area contributed by atoms with Crippen LogP contribution in [-0.2, 0) is 98.8 Å². The molecule has 6 saturated heterocycles. The Morgan fingerprint density at radius 3 is 0.319 bits per heavy atom. The molecule has 0 bridgehead atoms. The van der Waals surface area contributed by atoms with E-state index < -0.39 is 238 Å². The van der Waals surface area contributed by atoms with Crippen LogP contribution in [0.25, 0.3) is 0 Å². The maximum Gasteiger partial charge on any atom is 0.317 e. The lowest BCUT2D eigenvalue weighted by molar-refractivity contribution is 0.232. The Kier molecular flexibility index (Phi) is 34.8. The molecule has 0 amide bonds. The van der Waals surface area contributed by atoms with Gasteiger partial charge in [-0.2, -0.15) is 0 Å². The molecule has 0 spiro atoms. The molecule has 6 aliphatic heterocycles. The predicted octanol–water partition coefficient (Wildman–Crippen LogP) is 21.7. The monoisotopic (exact) mass is 2110 g/mol. The van der Waals surface area contributed by atoms with Gasteiger partial charge in [-0.1, -0.05) is 74.0 Å². The maximum atomic E-state index is 15.3. The molecule has 53 heteroatoms. The fourth-order valence-corrected chi connectivity index (χ4v) is 187. The highest BCUT2D eigenvalue weighted by atomic mass is 28.6. The van der Waals surface area contributed by atoms with E-state index in [-0.39, 0.29) is 0 Å². The molecule has 0 aromatic carbocycles. The first-order chi connectivity index (χ1) is 50.8. The van der Waals surface area contributed by atoms with Crippen LogP contribution in [0, 0.1) is 0 Å². The highest BCUT2D eigenvalue weighted by molar-refractivity contribution is 7.00. The van der Waals surface area contributed by atoms with Crippen molar-refractivity contribution in [3.63, 3.8) is 0 Å². The second-order valence-electron chi connectivity index (χ2n) is 45.6. The largest absolute Gasteiger partial charge is 0.432 e. The highest BCUT2D eigenvalue weighted by Crippen LogP contribution is 2.48. The molecule has 686 valence electrons. The molecule has 0 radical (unpaired) electrons. The minimum absolute atomic E-state index is 0.752. The van der Waals surface area contributed by atoms with Crippen molar-refractivity contribution in [2.45, 2.75) is 403 Å². The van der Waals surface area contributed by atoms with Crippen molar-refractivity contribution in [1.82, 2.24) is 0 Å². The molecular formula is C63H172O25Si28. The second-order valence-corrected chi connectivity index (χ2v) is 152. The van der Waals surface area contributed by atoms with Crippen molar-refractivity contribution in [2.75, 3.05) is 0 Å². The Labute approximate surface area is 738 Å². The van der Waals surface area contributed by atoms with Crippen molar-refractivity contribution in [3.05, 3.63) is 0 Å². The normalized spacial score (nSPS) is 29.5. The summed E-state index contributed by atoms with van der Waals surface area (Å²) in [5, 5.41) is 0. The predicted molar refractivity (Wildman–Crippen MR) is 540 cm³/mol. The molecule has 1 N–H and O–H groups in total. The Balaban J connectivity index is 1.58. The zero-order valence-corrected chi connectivity index (χ0v) is 110. The first-order valence-electron chi connectivity index (χ1n) is 43.4. The van der Waals surface area contributed by atoms with Crippen LogP contribution in [0.3, 0.4) is 0 Å². The molecular weight excluding hydrogens is 1940 g/mol. The van der Waals surface area contributed by atoms with E-state index in [9.17, 15) is 0 Å². The summed E-state index contributed by atoms with van der Waals surface area (Å²) in [6.45, 7) is 99.5. The SMILES string of the molecule is C[Si](CC[Si](O)(CC[Si](C)(CC[Si]1(C)O[Si](C)(C)O[Si](C)(C)O[Si](C)(C)O1)CC[Si]1(C)O[Si](C)(C)O[Si](C)(C)O[Si](C)(C)O1)CC[Si](C)(CC[Si]1(C)O[Si](C)(C)O[Si](C)(C)O[Si](C)(C)O1)CC[Si]1(C)O[Si](C)(C)O[Si](C)(C)O[Si](C)(C)O1)(CC[Si]1(C)O[Si](C)(C)O[Si](C)(C)O[Si](C)(C)O1)CC[Si]1(C)O[Si](C)(C)O[Si](C)(C)O[Si](C)(C)O1. The lowest BCUT2D eigenvalue weighted by Gasteiger charge is -2.49. The van der Waals surface area contributed by atoms with E-state index in [0.29, 0.717) is 0 Å². The Bertz CT molecular complexity index is 2670. The fraction of sp³-hybridized carbons (Fsp3) is 1.00. The third-order valence-corrected chi connectivity index (χ3v) is 142. The van der Waals surface area contributed by atoms with Crippen molar-refractivity contribution < 1.29 is 104 Å². The third-order valence-electron chi connectivity index (χ3n) is 22.1. The van der Waals surface area contributed by atoms with Gasteiger partial charge in [0, 0.05) is 0 Å². The summed E-state index contributed by atoms with van der Waals surface area (Å²) in [5.74, 6) is 0. The van der Waals surface area contributed by atoms with Crippen LogP contribution in [-0.4, -0.2) is 243 Å². The van der Waals surface area contributed by atoms with Crippen molar-refractivity contribution >= 4 is 238 Å². The van der Waals surface area contributed by atoms with Gasteiger partial charge in [0.15, 0.2) is 8.32 Å². The molecule has 0 unspecified atom stereocenters. The van der Waals surface area contributed by atoms with E-state index >= 15 is 4.80 Å². The molecule has 0 aliphatic carbocycles. The van der Waals surface area contributed by atoms with E-state index in [4.69, 9.17) is 98.8 Å². The standard InChI is InChI=1S/C63H172O25Si28/c1-89(2)65-95(13,14)77-110(40,78-96(15,16)66-89)55-46-107(37,47-56-111(41)79-97(17,18)67-90(3,4)68-98(19,20)80-111)52-61-116(64,62-53-108(38,48-57-112(42)81-99(21,22)69-91(5,6)70-100(23,24)82-112)49-58-113(43)83-101(25,26)71-92(7,8)72-102(27,28)84-113)63-54-109(39,50-59-114(44)85-103(29,30)73-93(9,10)74-104(31,32)86-114)51-60-115(45)87-105(33,34)75-94(11,12)76-106(35,36)88-115/h64H,46-63H2,1-45H3. The first kappa shape index (κ1) is 110. The molecule has 116 heavy (non-hydrogen) atoms. The van der Waals surface area contributed by atoms with Gasteiger partial charge in [0.2, 0.25) is 0 Å². The van der Waals surface area contributed by atoms with Gasteiger partial charge in [-0.3, -0.25) is 0 Å². The van der Waals surface area contributed by atoms with Crippen LogP contribution in [0.1, 0.15) is 0 Å². The molecule has 6 heterocycles. The smallest absolute Gasteiger partial charge is 0.317 e. The quantitative estimate of drug-likeness (QED) is 0.0752. The number of rotatable bonds is 27. The fourth-order valence-electron chi connectivity index (χ4n) is 20.7. The van der Waals surface area contributed by atoms with Gasteiger partial charge in [-0.05, 0) is 329 Å². The summed E-state index contributed by atoms with van der Waals surface area (Å²) in [7, 11) is -77.7. The zero-order valence-electron chi connectivity index (χ0n) is 82.0. The van der Waals surface area contributed by atoms with Crippen LogP contribution in [0.15, 0.2) is 0 Å². The highest BCUT2D eigenvalue weighted by Gasteiger charge is 2.62. The average molecular weight is 2120 g/mol. The van der Waals surface area contributed by atoms with Crippen LogP contribution >= 0.6 is 0 Å². The Morgan fingerprint density at radius 1 is 0.138 bits per heavy atom. The van der Waals surface area contributed by atoms with Crippen LogP contribution in [0.2, 0.25) is 403 Å². The minimum Gasteiger partial charge on any atom is -0.432 e. The molecule has 6 rings (SSSR count). The average Bonchev–Trinajstić information content (AvgIpc) is 0.794. The van der Waals surface area contributed by atoms with Crippen molar-refractivity contribution in [3.8, 4) is 0 Å². The van der Waals surface area contributed by atoms with Crippen LogP contribution in [0.4, 0.5) is 0 Å². The maximum absolute atomic E-state index is 15.3. The van der Waals surface area contributed by atoms with Gasteiger partial charge in [0.25, 0.3) is 0 Å². The topological polar surface area (TPSA) is 242 Å². The van der Waals surface area contributed by atoms with Crippen molar-refractivity contribution in [2.24, 2.45) is 0 Å². The molecule has 25 nitrogen and oxygen atoms in total. The molecule has 0 saturated carbocycles. The molecule has 6 aliphatic rings. The third kappa shape index (κ3) is 36.9. The van der Waals surface area contributed by atoms with Gasteiger partial charge < -0.3 is 104 Å². The lowest BCUT2D eigenvalue weighted by atomic mass is 10.9. The van der Waals surface area contributed by atoms with Crippen molar-refractivity contribution in [1.29, 1.82) is 0 Å². The summed E-state index contributed by atoms with van der Waals surface area (Å²) in [4.78, 5) is 15.3. The summed E-state index contributed by atoms with van der Waals surface area (Å²) in [5.41, 5.74) is 0. The first-order valence-corrected chi connectivity index (χ1v) is 121. The van der Waals surface area contributed by atoms with E-state index in [1.54, 1.807) is 0 Å². The summed E-state index contributed by atoms with van der Waals surface area (Å²) in [6.07, 6.45) is 0. The number of hydrogen-bond donors (Lipinski definition) is 1. The van der Waals surface area contributed by atoms with E-state index in [2.05, 4.69) is 295 Å². The summed E-state index contributed by atoms with van der Waals surface area (Å²) in [6, 6.07) is 15.3. The minimum atomic E-state index is -3.40. The van der Waals surface area contributed by atoms with Crippen LogP contribution in [0.5, 0.6) is 0 Å². The van der Waals surface area contributed by atoms with Gasteiger partial charge in [-0.15, -0.1) is 0 Å². The van der Waals surface area contributed by atoms with Gasteiger partial charge in [0.05, 0.1) is 24.2 Å². The Morgan fingerprint density at radius 2 is 0.224 bits per heavy atom. The summed E-state index contributed by atoms with van der Waals surface area (Å²) < 4.78 is 174. The molecule has 0 atom stereocenters. The molecule has 6 fully saturated rings. The number of hydrogen-bond acceptors (Lipinski definition) is 25. The van der Waals surface area contributed by atoms with Gasteiger partial charge in [0.1, 0.15) is 0 Å². The van der Waals surface area contributed by atoms with E-state index in [1.165, 1.54) is 0 Å². The van der Waals surface area contributed by atoms with E-state index in [0.717, 1.165) is 109 Å². The van der Waals surface area contributed by atoms with Gasteiger partial charge >= 0.3 is 205 Å². The van der Waals surface area contributed by atoms with E-state index in [1.807, 2.05) is 0 Å². The summed E-state index contributed by atoms with van der Waals surface area (Å²) >= 11 is 0. The molecule has 0 aromatic rings. The second kappa shape index (κ2) is 36.8. The van der Waals surface area contributed by atoms with Gasteiger partial charge in [-0.25, -0.2) is 0 Å². The Hall–Kier alpha value is 5.07. The lowest BCUT2D eigenvalue weighted by Crippen LogP contribution is -2.65. The zero-order chi connectivity index (χ0) is 89.7. The van der Waals surface area contributed by atoms with Crippen LogP contribution < -0.4 is 0 Å². The molecule has 0 aromatic heterocycles.